The van der Waals surface area contributed by atoms with Crippen molar-refractivity contribution in [1.82, 2.24) is 9.97 Å². The van der Waals surface area contributed by atoms with Crippen molar-refractivity contribution in [2.45, 2.75) is 5.92 Å². The molecule has 178 valence electrons. The zero-order valence-electron chi connectivity index (χ0n) is 19.1. The Kier molecular flexibility index (Phi) is 6.29. The zero-order chi connectivity index (χ0) is 24.4. The molecule has 0 bridgehead atoms. The van der Waals surface area contributed by atoms with E-state index in [0.717, 1.165) is 11.3 Å². The van der Waals surface area contributed by atoms with Gasteiger partial charge < -0.3 is 24.3 Å². The Morgan fingerprint density at radius 3 is 2.51 bits per heavy atom. The first kappa shape index (κ1) is 22.7. The second-order valence-electron chi connectivity index (χ2n) is 7.87. The molecule has 0 saturated heterocycles. The lowest BCUT2D eigenvalue weighted by molar-refractivity contribution is 0.0465. The molecule has 0 unspecified atom stereocenters. The van der Waals surface area contributed by atoms with E-state index in [1.807, 2.05) is 42.5 Å². The highest BCUT2D eigenvalue weighted by Gasteiger charge is 2.27. The van der Waals surface area contributed by atoms with E-state index in [2.05, 4.69) is 15.3 Å². The number of aromatic nitrogens is 2. The van der Waals surface area contributed by atoms with Gasteiger partial charge in [-0.2, -0.15) is 0 Å². The van der Waals surface area contributed by atoms with Gasteiger partial charge in [-0.05, 0) is 24.3 Å². The number of esters is 1. The fourth-order valence-corrected chi connectivity index (χ4v) is 4.17. The van der Waals surface area contributed by atoms with E-state index in [0.29, 0.717) is 39.8 Å². The van der Waals surface area contributed by atoms with Gasteiger partial charge in [0.15, 0.2) is 11.5 Å². The Morgan fingerprint density at radius 2 is 1.74 bits per heavy atom. The van der Waals surface area contributed by atoms with Gasteiger partial charge in [0.1, 0.15) is 23.9 Å². The molecule has 4 aromatic rings. The first-order chi connectivity index (χ1) is 17.1. The van der Waals surface area contributed by atoms with E-state index < -0.39 is 5.97 Å². The van der Waals surface area contributed by atoms with Crippen LogP contribution in [-0.4, -0.2) is 43.4 Å². The molecule has 0 amide bonds. The third kappa shape index (κ3) is 4.52. The molecule has 1 aromatic heterocycles. The summed E-state index contributed by atoms with van der Waals surface area (Å²) < 4.78 is 22.1. The van der Waals surface area contributed by atoms with E-state index >= 15 is 0 Å². The fraction of sp³-hybridized carbons (Fsp3) is 0.192. The normalized spacial score (nSPS) is 14.2. The minimum absolute atomic E-state index is 0.0462. The van der Waals surface area contributed by atoms with Crippen molar-refractivity contribution >= 4 is 40.1 Å². The molecule has 1 atom stereocenters. The number of methoxy groups -OCH3 is 2. The van der Waals surface area contributed by atoms with Crippen LogP contribution in [0.3, 0.4) is 0 Å². The van der Waals surface area contributed by atoms with Crippen molar-refractivity contribution in [3.05, 3.63) is 76.9 Å². The lowest BCUT2D eigenvalue weighted by atomic mass is 10.0. The first-order valence-corrected chi connectivity index (χ1v) is 11.3. The van der Waals surface area contributed by atoms with Crippen LogP contribution in [0.4, 0.5) is 11.5 Å². The van der Waals surface area contributed by atoms with Crippen LogP contribution < -0.4 is 19.5 Å². The van der Waals surface area contributed by atoms with Crippen LogP contribution in [0.2, 0.25) is 5.02 Å². The number of hydrogen-bond acceptors (Lipinski definition) is 8. The molecule has 0 radical (unpaired) electrons. The maximum absolute atomic E-state index is 13.2. The number of ether oxygens (including phenoxy) is 4. The Hall–Kier alpha value is -4.04. The number of hydrogen-bond donors (Lipinski definition) is 1. The van der Waals surface area contributed by atoms with Gasteiger partial charge in [0.2, 0.25) is 0 Å². The molecule has 0 aliphatic carbocycles. The maximum Gasteiger partial charge on any atom is 0.360 e. The number of rotatable bonds is 7. The summed E-state index contributed by atoms with van der Waals surface area (Å²) in [7, 11) is 3.04. The molecular formula is C26H22ClN3O5. The van der Waals surface area contributed by atoms with Crippen LogP contribution in [0.25, 0.3) is 11.0 Å². The zero-order valence-corrected chi connectivity index (χ0v) is 19.8. The second kappa shape index (κ2) is 9.68. The summed E-state index contributed by atoms with van der Waals surface area (Å²) in [6.45, 7) is 0.601. The molecule has 1 N–H and O–H groups in total. The number of halogens is 1. The summed E-state index contributed by atoms with van der Waals surface area (Å²) in [5.41, 5.74) is 2.74. The van der Waals surface area contributed by atoms with Crippen LogP contribution in [0.5, 0.6) is 17.2 Å². The highest BCUT2D eigenvalue weighted by Crippen LogP contribution is 2.38. The van der Waals surface area contributed by atoms with Crippen molar-refractivity contribution in [3.8, 4) is 17.2 Å². The summed E-state index contributed by atoms with van der Waals surface area (Å²) in [5, 5.41) is 3.51. The summed E-state index contributed by atoms with van der Waals surface area (Å²) >= 11 is 6.33. The molecule has 3 aromatic carbocycles. The van der Waals surface area contributed by atoms with Gasteiger partial charge in [-0.25, -0.2) is 14.8 Å². The van der Waals surface area contributed by atoms with Gasteiger partial charge in [-0.3, -0.25) is 0 Å². The van der Waals surface area contributed by atoms with E-state index in [1.165, 1.54) is 14.2 Å². The van der Waals surface area contributed by atoms with Gasteiger partial charge in [0.05, 0.1) is 48.5 Å². The highest BCUT2D eigenvalue weighted by atomic mass is 35.5. The van der Waals surface area contributed by atoms with Crippen molar-refractivity contribution in [2.24, 2.45) is 0 Å². The van der Waals surface area contributed by atoms with E-state index in [-0.39, 0.29) is 24.0 Å². The van der Waals surface area contributed by atoms with Gasteiger partial charge in [0.25, 0.3) is 0 Å². The molecule has 9 heteroatoms. The number of nitrogens with zero attached hydrogens (tertiary/aromatic N) is 2. The largest absolute Gasteiger partial charge is 0.495 e. The number of nitrogens with one attached hydrogen (secondary N) is 1. The third-order valence-electron chi connectivity index (χ3n) is 5.71. The average Bonchev–Trinajstić information content (AvgIpc) is 3.30. The van der Waals surface area contributed by atoms with Crippen LogP contribution in [-0.2, 0) is 4.74 Å². The summed E-state index contributed by atoms with van der Waals surface area (Å²) in [4.78, 5) is 22.4. The van der Waals surface area contributed by atoms with Crippen molar-refractivity contribution in [2.75, 3.05) is 32.8 Å². The Morgan fingerprint density at radius 1 is 1.03 bits per heavy atom. The van der Waals surface area contributed by atoms with Crippen molar-refractivity contribution in [3.63, 3.8) is 0 Å². The van der Waals surface area contributed by atoms with Crippen molar-refractivity contribution in [1.29, 1.82) is 0 Å². The van der Waals surface area contributed by atoms with Gasteiger partial charge in [-0.15, -0.1) is 0 Å². The molecule has 35 heavy (non-hydrogen) atoms. The Balaban J connectivity index is 1.46. The molecule has 0 saturated carbocycles. The predicted molar refractivity (Wildman–Crippen MR) is 132 cm³/mol. The van der Waals surface area contributed by atoms with Crippen molar-refractivity contribution < 1.29 is 23.7 Å². The van der Waals surface area contributed by atoms with Gasteiger partial charge >= 0.3 is 5.97 Å². The standard InChI is InChI=1S/C26H22ClN3O5/c1-32-22-12-23(33-2)20(11-17(22)27)30-25-24(28-18-8-4-5-9-19(18)29-25)26(31)35-14-15-13-34-21-10-6-3-7-16(15)21/h3-12,15H,13-14H2,1-2H3,(H,29,30)/t15-/m0/s1. The van der Waals surface area contributed by atoms with Gasteiger partial charge in [-0.1, -0.05) is 41.9 Å². The van der Waals surface area contributed by atoms with Crippen LogP contribution >= 0.6 is 11.6 Å². The topological polar surface area (TPSA) is 91.8 Å². The van der Waals surface area contributed by atoms with Crippen LogP contribution in [0.15, 0.2) is 60.7 Å². The minimum atomic E-state index is -0.603. The SMILES string of the molecule is COc1cc(OC)c(Nc2nc3ccccc3nc2C(=O)OC[C@@H]2COc3ccccc32)cc1Cl. The number of fused-ring (bicyclic) bond motifs is 2. The Bertz CT molecular complexity index is 1410. The molecule has 0 spiro atoms. The molecule has 1 aliphatic heterocycles. The van der Waals surface area contributed by atoms with Crippen LogP contribution in [0.1, 0.15) is 22.0 Å². The monoisotopic (exact) mass is 491 g/mol. The first-order valence-electron chi connectivity index (χ1n) is 10.9. The molecular weight excluding hydrogens is 470 g/mol. The van der Waals surface area contributed by atoms with Crippen LogP contribution in [0, 0.1) is 0 Å². The summed E-state index contributed by atoms with van der Waals surface area (Å²) in [5.74, 6) is 1.29. The number of anilines is 2. The third-order valence-corrected chi connectivity index (χ3v) is 6.00. The van der Waals surface area contributed by atoms with E-state index in [4.69, 9.17) is 30.5 Å². The summed E-state index contributed by atoms with van der Waals surface area (Å²) in [6, 6.07) is 18.3. The molecule has 2 heterocycles. The summed E-state index contributed by atoms with van der Waals surface area (Å²) in [6.07, 6.45) is 0. The molecule has 1 aliphatic rings. The maximum atomic E-state index is 13.2. The quantitative estimate of drug-likeness (QED) is 0.345. The second-order valence-corrected chi connectivity index (χ2v) is 8.27. The predicted octanol–water partition coefficient (Wildman–Crippen LogP) is 5.38. The average molecular weight is 492 g/mol. The van der Waals surface area contributed by atoms with E-state index in [9.17, 15) is 4.79 Å². The molecule has 8 nitrogen and oxygen atoms in total. The minimum Gasteiger partial charge on any atom is -0.495 e. The smallest absolute Gasteiger partial charge is 0.360 e. The molecule has 5 rings (SSSR count). The lowest BCUT2D eigenvalue weighted by Gasteiger charge is -2.16. The van der Waals surface area contributed by atoms with E-state index in [1.54, 1.807) is 18.2 Å². The number of carbonyl (C=O) groups excluding carboxylic acids is 1. The van der Waals surface area contributed by atoms with Gasteiger partial charge in [0, 0.05) is 11.6 Å². The number of benzene rings is 3. The number of para-hydroxylation sites is 3. The Labute approximate surface area is 206 Å². The highest BCUT2D eigenvalue weighted by molar-refractivity contribution is 6.32. The number of carbonyl (C=O) groups is 1. The lowest BCUT2D eigenvalue weighted by Crippen LogP contribution is -2.17. The fourth-order valence-electron chi connectivity index (χ4n) is 3.93. The molecule has 0 fully saturated rings.